The number of esters is 1. The third-order valence-corrected chi connectivity index (χ3v) is 1.41. The van der Waals surface area contributed by atoms with Gasteiger partial charge in [-0.2, -0.15) is 10.2 Å². The number of carbonyl (C=O) groups is 1. The highest BCUT2D eigenvalue weighted by Gasteiger charge is 2.10. The molecule has 0 spiro atoms. The first-order valence-electron chi connectivity index (χ1n) is 3.36. The zero-order chi connectivity index (χ0) is 8.97. The van der Waals surface area contributed by atoms with E-state index in [1.165, 1.54) is 19.5 Å². The van der Waals surface area contributed by atoms with Crippen LogP contribution in [0.15, 0.2) is 12.4 Å². The van der Waals surface area contributed by atoms with E-state index < -0.39 is 5.97 Å². The molecule has 0 saturated heterocycles. The highest BCUT2D eigenvalue weighted by atomic mass is 16.5. The summed E-state index contributed by atoms with van der Waals surface area (Å²) in [6.07, 6.45) is 2.82. The topological polar surface area (TPSA) is 64.1 Å². The van der Waals surface area contributed by atoms with Crippen LogP contribution in [0, 0.1) is 0 Å². The summed E-state index contributed by atoms with van der Waals surface area (Å²) < 4.78 is 4.53. The quantitative estimate of drug-likeness (QED) is 0.642. The maximum absolute atomic E-state index is 11.1. The fourth-order valence-corrected chi connectivity index (χ4v) is 0.793. The Hall–Kier alpha value is -1.65. The zero-order valence-corrected chi connectivity index (χ0v) is 6.87. The Bertz CT molecular complexity index is 288. The van der Waals surface area contributed by atoms with Gasteiger partial charge < -0.3 is 10.1 Å². The number of ether oxygens (including phenoxy) is 1. The molecule has 0 aromatic carbocycles. The molecule has 0 aliphatic carbocycles. The molecule has 1 N–H and O–H groups in total. The van der Waals surface area contributed by atoms with Gasteiger partial charge in [0.2, 0.25) is 0 Å². The molecule has 12 heavy (non-hydrogen) atoms. The van der Waals surface area contributed by atoms with Crippen molar-refractivity contribution in [1.29, 1.82) is 0 Å². The van der Waals surface area contributed by atoms with Crippen molar-refractivity contribution in [2.75, 3.05) is 19.5 Å². The van der Waals surface area contributed by atoms with E-state index >= 15 is 0 Å². The first-order valence-corrected chi connectivity index (χ1v) is 3.36. The minimum Gasteiger partial charge on any atom is -0.465 e. The van der Waals surface area contributed by atoms with Crippen molar-refractivity contribution in [3.05, 3.63) is 18.0 Å². The average molecular weight is 167 g/mol. The molecule has 1 heterocycles. The predicted octanol–water partition coefficient (Wildman–Crippen LogP) is 0.305. The standard InChI is InChI=1S/C7H9N3O2/c1-8-6-4-10-9-3-5(6)7(11)12-2/h3-4H,1-2H3,(H,8,9). The first-order chi connectivity index (χ1) is 5.79. The molecule has 1 aromatic rings. The number of aromatic nitrogens is 2. The lowest BCUT2D eigenvalue weighted by Crippen LogP contribution is -2.06. The Morgan fingerprint density at radius 1 is 1.50 bits per heavy atom. The minimum atomic E-state index is -0.422. The van der Waals surface area contributed by atoms with Crippen LogP contribution in [0.1, 0.15) is 10.4 Å². The molecule has 0 saturated carbocycles. The van der Waals surface area contributed by atoms with Crippen LogP contribution in [0.3, 0.4) is 0 Å². The van der Waals surface area contributed by atoms with Crippen LogP contribution in [0.4, 0.5) is 5.69 Å². The Labute approximate surface area is 69.8 Å². The smallest absolute Gasteiger partial charge is 0.341 e. The number of hydrogen-bond acceptors (Lipinski definition) is 5. The van der Waals surface area contributed by atoms with E-state index in [1.807, 2.05) is 0 Å². The van der Waals surface area contributed by atoms with Gasteiger partial charge >= 0.3 is 5.97 Å². The fraction of sp³-hybridized carbons (Fsp3) is 0.286. The Kier molecular flexibility index (Phi) is 2.57. The van der Waals surface area contributed by atoms with Gasteiger partial charge in [-0.1, -0.05) is 0 Å². The van der Waals surface area contributed by atoms with Crippen molar-refractivity contribution in [3.8, 4) is 0 Å². The van der Waals surface area contributed by atoms with Crippen LogP contribution < -0.4 is 5.32 Å². The van der Waals surface area contributed by atoms with Gasteiger partial charge in [-0.15, -0.1) is 0 Å². The van der Waals surface area contributed by atoms with Crippen molar-refractivity contribution < 1.29 is 9.53 Å². The summed E-state index contributed by atoms with van der Waals surface area (Å²) in [4.78, 5) is 11.1. The number of anilines is 1. The molecule has 0 aliphatic heterocycles. The molecule has 64 valence electrons. The fourth-order valence-electron chi connectivity index (χ4n) is 0.793. The van der Waals surface area contributed by atoms with Gasteiger partial charge in [-0.05, 0) is 0 Å². The molecular formula is C7H9N3O2. The highest BCUT2D eigenvalue weighted by Crippen LogP contribution is 2.11. The summed E-state index contributed by atoms with van der Waals surface area (Å²) in [7, 11) is 3.02. The number of nitrogens with one attached hydrogen (secondary N) is 1. The summed E-state index contributed by atoms with van der Waals surface area (Å²) in [5.41, 5.74) is 0.992. The SMILES string of the molecule is CNc1cnncc1C(=O)OC. The van der Waals surface area contributed by atoms with E-state index in [2.05, 4.69) is 20.3 Å². The molecule has 1 rings (SSSR count). The lowest BCUT2D eigenvalue weighted by atomic mass is 10.2. The van der Waals surface area contributed by atoms with E-state index in [0.717, 1.165) is 0 Å². The van der Waals surface area contributed by atoms with Crippen LogP contribution >= 0.6 is 0 Å². The summed E-state index contributed by atoms with van der Waals surface area (Å²) in [5.74, 6) is -0.422. The Morgan fingerprint density at radius 2 is 2.17 bits per heavy atom. The van der Waals surface area contributed by atoms with Crippen LogP contribution in [0.25, 0.3) is 0 Å². The summed E-state index contributed by atoms with van der Waals surface area (Å²) in [6, 6.07) is 0. The Morgan fingerprint density at radius 3 is 2.75 bits per heavy atom. The molecule has 0 atom stereocenters. The number of carbonyl (C=O) groups excluding carboxylic acids is 1. The first kappa shape index (κ1) is 8.45. The van der Waals surface area contributed by atoms with E-state index in [4.69, 9.17) is 0 Å². The average Bonchev–Trinajstić information content (AvgIpc) is 2.16. The monoisotopic (exact) mass is 167 g/mol. The molecular weight excluding hydrogens is 158 g/mol. The summed E-state index contributed by atoms with van der Waals surface area (Å²) in [5, 5.41) is 9.99. The number of rotatable bonds is 2. The molecule has 0 radical (unpaired) electrons. The lowest BCUT2D eigenvalue weighted by molar-refractivity contribution is 0.0601. The van der Waals surface area contributed by atoms with Crippen LogP contribution in [-0.4, -0.2) is 30.3 Å². The van der Waals surface area contributed by atoms with Crippen molar-refractivity contribution in [1.82, 2.24) is 10.2 Å². The molecule has 0 unspecified atom stereocenters. The second kappa shape index (κ2) is 3.66. The van der Waals surface area contributed by atoms with Gasteiger partial charge in [0.25, 0.3) is 0 Å². The predicted molar refractivity (Wildman–Crippen MR) is 42.9 cm³/mol. The van der Waals surface area contributed by atoms with Crippen LogP contribution in [0.2, 0.25) is 0 Å². The number of hydrogen-bond donors (Lipinski definition) is 1. The van der Waals surface area contributed by atoms with Crippen molar-refractivity contribution in [3.63, 3.8) is 0 Å². The van der Waals surface area contributed by atoms with E-state index in [1.54, 1.807) is 7.05 Å². The second-order valence-corrected chi connectivity index (χ2v) is 2.06. The van der Waals surface area contributed by atoms with E-state index in [0.29, 0.717) is 11.3 Å². The normalized spacial score (nSPS) is 9.17. The van der Waals surface area contributed by atoms with Gasteiger partial charge in [-0.3, -0.25) is 0 Å². The summed E-state index contributed by atoms with van der Waals surface area (Å²) >= 11 is 0. The van der Waals surface area contributed by atoms with Gasteiger partial charge in [0.1, 0.15) is 5.56 Å². The molecule has 0 fully saturated rings. The number of methoxy groups -OCH3 is 1. The van der Waals surface area contributed by atoms with Crippen molar-refractivity contribution in [2.24, 2.45) is 0 Å². The highest BCUT2D eigenvalue weighted by molar-refractivity contribution is 5.94. The van der Waals surface area contributed by atoms with E-state index in [-0.39, 0.29) is 0 Å². The van der Waals surface area contributed by atoms with Gasteiger partial charge in [0.05, 0.1) is 25.2 Å². The molecule has 5 heteroatoms. The van der Waals surface area contributed by atoms with Crippen LogP contribution in [-0.2, 0) is 4.74 Å². The lowest BCUT2D eigenvalue weighted by Gasteiger charge is -2.03. The molecule has 5 nitrogen and oxygen atoms in total. The summed E-state index contributed by atoms with van der Waals surface area (Å²) in [6.45, 7) is 0. The van der Waals surface area contributed by atoms with Crippen molar-refractivity contribution in [2.45, 2.75) is 0 Å². The minimum absolute atomic E-state index is 0.384. The van der Waals surface area contributed by atoms with Gasteiger partial charge in [0.15, 0.2) is 0 Å². The zero-order valence-electron chi connectivity index (χ0n) is 6.87. The van der Waals surface area contributed by atoms with Gasteiger partial charge in [-0.25, -0.2) is 4.79 Å². The maximum Gasteiger partial charge on any atom is 0.341 e. The number of nitrogens with zero attached hydrogens (tertiary/aromatic N) is 2. The van der Waals surface area contributed by atoms with E-state index in [9.17, 15) is 4.79 Å². The third kappa shape index (κ3) is 1.50. The maximum atomic E-state index is 11.1. The largest absolute Gasteiger partial charge is 0.465 e. The Balaban J connectivity index is 3.04. The van der Waals surface area contributed by atoms with Crippen molar-refractivity contribution >= 4 is 11.7 Å². The molecule has 0 aliphatic rings. The van der Waals surface area contributed by atoms with Gasteiger partial charge in [0, 0.05) is 7.05 Å². The second-order valence-electron chi connectivity index (χ2n) is 2.06. The molecule has 0 amide bonds. The third-order valence-electron chi connectivity index (χ3n) is 1.41. The molecule has 0 bridgehead atoms. The van der Waals surface area contributed by atoms with Crippen LogP contribution in [0.5, 0.6) is 0 Å². The molecule has 1 aromatic heterocycles.